The number of hydrogen-bond acceptors (Lipinski definition) is 6. The van der Waals surface area contributed by atoms with Crippen molar-refractivity contribution in [3.05, 3.63) is 66.2 Å². The average molecular weight is 662 g/mol. The van der Waals surface area contributed by atoms with Gasteiger partial charge in [-0.3, -0.25) is 14.4 Å². The van der Waals surface area contributed by atoms with Crippen LogP contribution in [0.15, 0.2) is 60.7 Å². The molecule has 0 aromatic heterocycles. The molecule has 4 N–H and O–H groups in total. The smallest absolute Gasteiger partial charge is 0.263 e. The van der Waals surface area contributed by atoms with Crippen LogP contribution in [0.3, 0.4) is 0 Å². The molecule has 264 valence electrons. The molecular formula is C39H59N5O4. The van der Waals surface area contributed by atoms with Crippen LogP contribution >= 0.6 is 0 Å². The van der Waals surface area contributed by atoms with Crippen LogP contribution in [0.1, 0.15) is 102 Å². The lowest BCUT2D eigenvalue weighted by Gasteiger charge is -2.21. The number of likely N-dealkylation sites (tertiary alicyclic amines) is 1. The minimum absolute atomic E-state index is 0.0690. The predicted molar refractivity (Wildman–Crippen MR) is 196 cm³/mol. The van der Waals surface area contributed by atoms with E-state index in [2.05, 4.69) is 33.1 Å². The van der Waals surface area contributed by atoms with E-state index in [9.17, 15) is 14.4 Å². The zero-order chi connectivity index (χ0) is 34.1. The predicted octanol–water partition coefficient (Wildman–Crippen LogP) is 6.66. The van der Waals surface area contributed by atoms with Crippen molar-refractivity contribution in [2.75, 3.05) is 44.6 Å². The summed E-state index contributed by atoms with van der Waals surface area (Å²) in [5.41, 5.74) is 1.56. The molecule has 1 aliphatic rings. The lowest BCUT2D eigenvalue weighted by Crippen LogP contribution is -2.52. The Balaban J connectivity index is 1.34. The van der Waals surface area contributed by atoms with E-state index in [0.29, 0.717) is 37.4 Å². The Morgan fingerprint density at radius 2 is 1.46 bits per heavy atom. The van der Waals surface area contributed by atoms with E-state index >= 15 is 0 Å². The number of nitrogens with one attached hydrogen (secondary N) is 4. The fourth-order valence-corrected chi connectivity index (χ4v) is 5.70. The number of hydrogen-bond donors (Lipinski definition) is 4. The van der Waals surface area contributed by atoms with E-state index in [0.717, 1.165) is 38.2 Å². The molecule has 1 heterocycles. The Bertz CT molecular complexity index is 1200. The van der Waals surface area contributed by atoms with Crippen molar-refractivity contribution in [1.29, 1.82) is 0 Å². The maximum atomic E-state index is 13.1. The van der Waals surface area contributed by atoms with Crippen molar-refractivity contribution in [3.8, 4) is 5.75 Å². The van der Waals surface area contributed by atoms with Gasteiger partial charge < -0.3 is 30.9 Å². The maximum absolute atomic E-state index is 13.1. The van der Waals surface area contributed by atoms with Crippen LogP contribution in [0.5, 0.6) is 5.75 Å². The summed E-state index contributed by atoms with van der Waals surface area (Å²) in [6.07, 6.45) is 18.5. The second-order valence-electron chi connectivity index (χ2n) is 12.7. The molecule has 1 aliphatic heterocycles. The highest BCUT2D eigenvalue weighted by Gasteiger charge is 2.20. The van der Waals surface area contributed by atoms with Gasteiger partial charge in [-0.2, -0.15) is 0 Å². The Kier molecular flexibility index (Phi) is 19.6. The quantitative estimate of drug-likeness (QED) is 0.0538. The fraction of sp³-hybridized carbons (Fsp3) is 0.564. The zero-order valence-electron chi connectivity index (χ0n) is 29.2. The first-order valence-electron chi connectivity index (χ1n) is 18.3. The minimum Gasteiger partial charge on any atom is -0.494 e. The van der Waals surface area contributed by atoms with Gasteiger partial charge in [-0.05, 0) is 74.7 Å². The summed E-state index contributed by atoms with van der Waals surface area (Å²) in [6.45, 7) is 6.83. The molecule has 1 saturated heterocycles. The van der Waals surface area contributed by atoms with Crippen LogP contribution in [0.4, 0.5) is 5.69 Å². The fourth-order valence-electron chi connectivity index (χ4n) is 5.70. The third-order valence-electron chi connectivity index (χ3n) is 8.54. The van der Waals surface area contributed by atoms with E-state index in [1.807, 2.05) is 54.6 Å². The number of carbonyl (C=O) groups is 3. The van der Waals surface area contributed by atoms with Gasteiger partial charge in [0, 0.05) is 37.8 Å². The van der Waals surface area contributed by atoms with Gasteiger partial charge in [0.15, 0.2) is 6.17 Å². The number of carbonyl (C=O) groups excluding carboxylic acids is 3. The second-order valence-corrected chi connectivity index (χ2v) is 12.7. The lowest BCUT2D eigenvalue weighted by atomic mass is 10.1. The van der Waals surface area contributed by atoms with Gasteiger partial charge in [-0.15, -0.1) is 0 Å². The van der Waals surface area contributed by atoms with E-state index in [1.165, 1.54) is 76.7 Å². The summed E-state index contributed by atoms with van der Waals surface area (Å²) >= 11 is 0. The normalized spacial score (nSPS) is 13.7. The molecule has 1 unspecified atom stereocenters. The molecule has 2 aromatic rings. The summed E-state index contributed by atoms with van der Waals surface area (Å²) in [5, 5.41) is 11.9. The number of ether oxygens (including phenoxy) is 1. The molecule has 0 spiro atoms. The Hall–Kier alpha value is -3.85. The molecule has 0 bridgehead atoms. The van der Waals surface area contributed by atoms with Gasteiger partial charge in [0.1, 0.15) is 5.75 Å². The molecule has 0 radical (unpaired) electrons. The molecule has 0 aliphatic carbocycles. The van der Waals surface area contributed by atoms with Crippen LogP contribution in [-0.2, 0) is 14.4 Å². The average Bonchev–Trinajstić information content (AvgIpc) is 3.62. The van der Waals surface area contributed by atoms with Crippen molar-refractivity contribution in [2.45, 2.75) is 103 Å². The SMILES string of the molecule is CCCCCCCCCCCCNC(=O)CCCOc1ccc(NC(NC(=O)/C=C\c2ccccc2)C(=O)NCCN2CCCC2)cc1. The first kappa shape index (κ1) is 38.6. The molecule has 1 fully saturated rings. The summed E-state index contributed by atoms with van der Waals surface area (Å²) in [7, 11) is 0. The lowest BCUT2D eigenvalue weighted by molar-refractivity contribution is -0.126. The van der Waals surface area contributed by atoms with Crippen LogP contribution in [0, 0.1) is 0 Å². The van der Waals surface area contributed by atoms with Gasteiger partial charge in [0.25, 0.3) is 5.91 Å². The van der Waals surface area contributed by atoms with Gasteiger partial charge >= 0.3 is 0 Å². The van der Waals surface area contributed by atoms with Gasteiger partial charge in [0.2, 0.25) is 11.8 Å². The summed E-state index contributed by atoms with van der Waals surface area (Å²) in [4.78, 5) is 40.4. The molecule has 3 rings (SSSR count). The topological polar surface area (TPSA) is 112 Å². The molecule has 48 heavy (non-hydrogen) atoms. The number of benzene rings is 2. The number of nitrogens with zero attached hydrogens (tertiary/aromatic N) is 1. The van der Waals surface area contributed by atoms with Crippen LogP contribution in [-0.4, -0.2) is 68.1 Å². The van der Waals surface area contributed by atoms with Crippen molar-refractivity contribution in [3.63, 3.8) is 0 Å². The van der Waals surface area contributed by atoms with E-state index in [-0.39, 0.29) is 17.7 Å². The van der Waals surface area contributed by atoms with Crippen molar-refractivity contribution in [1.82, 2.24) is 20.9 Å². The first-order valence-corrected chi connectivity index (χ1v) is 18.3. The molecular weight excluding hydrogens is 602 g/mol. The van der Waals surface area contributed by atoms with Crippen molar-refractivity contribution in [2.24, 2.45) is 0 Å². The largest absolute Gasteiger partial charge is 0.494 e. The number of amides is 3. The third-order valence-corrected chi connectivity index (χ3v) is 8.54. The molecule has 0 saturated carbocycles. The van der Waals surface area contributed by atoms with E-state index < -0.39 is 6.17 Å². The van der Waals surface area contributed by atoms with Crippen molar-refractivity contribution < 1.29 is 19.1 Å². The summed E-state index contributed by atoms with van der Waals surface area (Å²) in [6, 6.07) is 16.8. The summed E-state index contributed by atoms with van der Waals surface area (Å²) in [5.74, 6) is 0.0632. The molecule has 1 atom stereocenters. The van der Waals surface area contributed by atoms with Crippen molar-refractivity contribution >= 4 is 29.5 Å². The third kappa shape index (κ3) is 17.3. The molecule has 9 heteroatoms. The van der Waals surface area contributed by atoms with Crippen LogP contribution in [0.2, 0.25) is 0 Å². The monoisotopic (exact) mass is 661 g/mol. The standard InChI is InChI=1S/C39H59N5O4/c1-2-3-4-5-6-7-8-9-10-14-27-40-36(45)20-17-32-48-35-24-22-34(23-25-35)42-38(39(47)41-28-31-44-29-15-16-30-44)43-37(46)26-21-33-18-12-11-13-19-33/h11-13,18-19,21-26,38,42H,2-10,14-17,20,27-32H2,1H3,(H,40,45)(H,41,47)(H,43,46)/b26-21-. The van der Waals surface area contributed by atoms with Gasteiger partial charge in [-0.1, -0.05) is 95.0 Å². The van der Waals surface area contributed by atoms with Gasteiger partial charge in [0.05, 0.1) is 6.61 Å². The van der Waals surface area contributed by atoms with E-state index in [1.54, 1.807) is 6.08 Å². The minimum atomic E-state index is -0.956. The number of unbranched alkanes of at least 4 members (excludes halogenated alkanes) is 9. The number of rotatable bonds is 25. The maximum Gasteiger partial charge on any atom is 0.263 e. The number of anilines is 1. The second kappa shape index (κ2) is 24.3. The summed E-state index contributed by atoms with van der Waals surface area (Å²) < 4.78 is 5.84. The Morgan fingerprint density at radius 1 is 0.792 bits per heavy atom. The van der Waals surface area contributed by atoms with E-state index in [4.69, 9.17) is 4.74 Å². The highest BCUT2D eigenvalue weighted by molar-refractivity contribution is 5.96. The first-order chi connectivity index (χ1) is 23.5. The Morgan fingerprint density at radius 3 is 2.15 bits per heavy atom. The molecule has 3 amide bonds. The highest BCUT2D eigenvalue weighted by atomic mass is 16.5. The molecule has 9 nitrogen and oxygen atoms in total. The zero-order valence-corrected chi connectivity index (χ0v) is 29.2. The molecule has 2 aromatic carbocycles. The van der Waals surface area contributed by atoms with Crippen LogP contribution in [0.25, 0.3) is 6.08 Å². The van der Waals surface area contributed by atoms with Crippen LogP contribution < -0.4 is 26.0 Å². The Labute approximate surface area is 288 Å². The van der Waals surface area contributed by atoms with Gasteiger partial charge in [-0.25, -0.2) is 0 Å². The highest BCUT2D eigenvalue weighted by Crippen LogP contribution is 2.17.